The van der Waals surface area contributed by atoms with Crippen LogP contribution in [0.3, 0.4) is 0 Å². The van der Waals surface area contributed by atoms with Gasteiger partial charge in [0, 0.05) is 54.7 Å². The average Bonchev–Trinajstić information content (AvgIpc) is 3.10. The lowest BCUT2D eigenvalue weighted by Gasteiger charge is -2.45. The second-order valence-electron chi connectivity index (χ2n) is 9.79. The summed E-state index contributed by atoms with van der Waals surface area (Å²) >= 11 is 0. The number of carbonyl (C=O) groups excluding carboxylic acids is 1. The molecule has 7 nitrogen and oxygen atoms in total. The predicted molar refractivity (Wildman–Crippen MR) is 126 cm³/mol. The Morgan fingerprint density at radius 2 is 1.81 bits per heavy atom. The van der Waals surface area contributed by atoms with Crippen molar-refractivity contribution in [1.29, 1.82) is 0 Å². The number of H-pyrrole nitrogens is 1. The number of aromatic amines is 1. The summed E-state index contributed by atoms with van der Waals surface area (Å²) in [6, 6.07) is 7.61. The third kappa shape index (κ3) is 3.58. The van der Waals surface area contributed by atoms with Crippen molar-refractivity contribution in [3.05, 3.63) is 41.7 Å². The van der Waals surface area contributed by atoms with Crippen LogP contribution in [0.25, 0.3) is 16.5 Å². The average molecular weight is 439 g/mol. The van der Waals surface area contributed by atoms with Crippen LogP contribution in [-0.4, -0.2) is 75.6 Å². The molecule has 2 amide bonds. The van der Waals surface area contributed by atoms with Gasteiger partial charge in [-0.15, -0.1) is 0 Å². The third-order valence-electron chi connectivity index (χ3n) is 7.10. The first-order valence-corrected chi connectivity index (χ1v) is 11.5. The number of hydrogen-bond acceptors (Lipinski definition) is 3. The van der Waals surface area contributed by atoms with Crippen molar-refractivity contribution in [2.24, 2.45) is 5.92 Å². The Morgan fingerprint density at radius 1 is 1.16 bits per heavy atom. The van der Waals surface area contributed by atoms with E-state index in [0.717, 1.165) is 36.1 Å². The van der Waals surface area contributed by atoms with Crippen LogP contribution >= 0.6 is 0 Å². The number of likely N-dealkylation sites (N-methyl/N-ethyl adjacent to an activating group) is 1. The smallest absolute Gasteiger partial charge is 0.339 e. The number of carbonyl (C=O) groups is 2. The highest BCUT2D eigenvalue weighted by Crippen LogP contribution is 2.45. The Bertz CT molecular complexity index is 1060. The van der Waals surface area contributed by atoms with Crippen molar-refractivity contribution in [3.63, 3.8) is 0 Å². The number of nitrogens with zero attached hydrogens (tertiary/aromatic N) is 3. The van der Waals surface area contributed by atoms with E-state index in [1.54, 1.807) is 11.1 Å². The molecule has 2 N–H and O–H groups in total. The maximum absolute atomic E-state index is 13.8. The first-order chi connectivity index (χ1) is 15.2. The van der Waals surface area contributed by atoms with Crippen LogP contribution in [0.5, 0.6) is 0 Å². The molecular weight excluding hydrogens is 404 g/mol. The Morgan fingerprint density at radius 3 is 2.41 bits per heavy atom. The normalized spacial score (nSPS) is 21.4. The van der Waals surface area contributed by atoms with Gasteiger partial charge in [-0.1, -0.05) is 52.8 Å². The van der Waals surface area contributed by atoms with Gasteiger partial charge in [-0.2, -0.15) is 0 Å². The molecule has 7 heteroatoms. The Balaban J connectivity index is 1.86. The van der Waals surface area contributed by atoms with E-state index in [2.05, 4.69) is 44.5 Å². The molecule has 0 aliphatic carbocycles. The van der Waals surface area contributed by atoms with Crippen molar-refractivity contribution < 1.29 is 14.7 Å². The molecule has 32 heavy (non-hydrogen) atoms. The summed E-state index contributed by atoms with van der Waals surface area (Å²) in [5.74, 6) is -0.914. The zero-order chi connectivity index (χ0) is 23.2. The van der Waals surface area contributed by atoms with Crippen LogP contribution < -0.4 is 0 Å². The van der Waals surface area contributed by atoms with E-state index < -0.39 is 11.4 Å². The van der Waals surface area contributed by atoms with Crippen LogP contribution in [0.15, 0.2) is 30.5 Å². The van der Waals surface area contributed by atoms with Crippen LogP contribution in [0.4, 0.5) is 4.79 Å². The molecule has 1 aromatic heterocycles. The third-order valence-corrected chi connectivity index (χ3v) is 7.10. The molecule has 3 heterocycles. The van der Waals surface area contributed by atoms with Crippen molar-refractivity contribution in [3.8, 4) is 0 Å². The number of benzene rings is 1. The number of fused-ring (bicyclic) bond motifs is 3. The van der Waals surface area contributed by atoms with Crippen LogP contribution in [0.2, 0.25) is 0 Å². The lowest BCUT2D eigenvalue weighted by atomic mass is 9.72. The number of carboxylic acid groups (broad SMARTS) is 1. The number of rotatable bonds is 3. The predicted octanol–water partition coefficient (Wildman–Crippen LogP) is 3.97. The monoisotopic (exact) mass is 438 g/mol. The molecule has 1 fully saturated rings. The number of nitrogens with one attached hydrogen (secondary N) is 1. The van der Waals surface area contributed by atoms with Crippen molar-refractivity contribution in [1.82, 2.24) is 19.7 Å². The number of amides is 2. The second kappa shape index (κ2) is 8.28. The van der Waals surface area contributed by atoms with Crippen LogP contribution in [-0.2, 0) is 10.2 Å². The fraction of sp³-hybridized carbons (Fsp3) is 0.520. The highest BCUT2D eigenvalue weighted by molar-refractivity contribution is 6.17. The molecule has 0 saturated carbocycles. The summed E-state index contributed by atoms with van der Waals surface area (Å²) in [6.45, 7) is 14.6. The van der Waals surface area contributed by atoms with Gasteiger partial charge in [-0.05, 0) is 24.1 Å². The van der Waals surface area contributed by atoms with E-state index in [0.29, 0.717) is 18.8 Å². The zero-order valence-corrected chi connectivity index (χ0v) is 19.7. The van der Waals surface area contributed by atoms with E-state index >= 15 is 0 Å². The highest BCUT2D eigenvalue weighted by Gasteiger charge is 2.46. The summed E-state index contributed by atoms with van der Waals surface area (Å²) in [7, 11) is 0. The minimum atomic E-state index is -1.04. The Labute approximate surface area is 189 Å². The molecular formula is C25H34N4O3. The maximum Gasteiger partial charge on any atom is 0.339 e. The molecule has 0 spiro atoms. The molecule has 0 radical (unpaired) electrons. The topological polar surface area (TPSA) is 79.9 Å². The highest BCUT2D eigenvalue weighted by atomic mass is 16.4. The Kier molecular flexibility index (Phi) is 5.79. The summed E-state index contributed by atoms with van der Waals surface area (Å²) in [5, 5.41) is 11.2. The largest absolute Gasteiger partial charge is 0.478 e. The van der Waals surface area contributed by atoms with Gasteiger partial charge in [-0.3, -0.25) is 4.90 Å². The molecule has 0 bridgehead atoms. The summed E-state index contributed by atoms with van der Waals surface area (Å²) < 4.78 is 0. The molecule has 1 atom stereocenters. The number of hydrogen-bond donors (Lipinski definition) is 2. The minimum Gasteiger partial charge on any atom is -0.478 e. The van der Waals surface area contributed by atoms with Gasteiger partial charge in [0.1, 0.15) is 0 Å². The van der Waals surface area contributed by atoms with Crippen molar-refractivity contribution in [2.75, 3.05) is 32.7 Å². The standard InChI is InChI=1S/C25H34N4O3/c1-6-27-11-13-28(14-12-27)24(32)29-15-18(23(30)31)21-20(25(4,5)22(29)16(2)3)17-9-7-8-10-19(17)26-21/h7-10,15-16,22,26H,6,11-14H2,1-5H3,(H,30,31). The van der Waals surface area contributed by atoms with E-state index in [-0.39, 0.29) is 23.6 Å². The lowest BCUT2D eigenvalue weighted by Crippen LogP contribution is -2.57. The number of urea groups is 1. The van der Waals surface area contributed by atoms with E-state index in [9.17, 15) is 14.7 Å². The van der Waals surface area contributed by atoms with Gasteiger partial charge in [0.25, 0.3) is 0 Å². The molecule has 4 rings (SSSR count). The quantitative estimate of drug-likeness (QED) is 0.760. The van der Waals surface area contributed by atoms with E-state index in [1.165, 1.54) is 0 Å². The first-order valence-electron chi connectivity index (χ1n) is 11.5. The minimum absolute atomic E-state index is 0.110. The molecule has 1 saturated heterocycles. The van der Waals surface area contributed by atoms with Crippen molar-refractivity contribution in [2.45, 2.75) is 46.1 Å². The lowest BCUT2D eigenvalue weighted by molar-refractivity contribution is -0.130. The van der Waals surface area contributed by atoms with Crippen molar-refractivity contribution >= 4 is 28.5 Å². The SMILES string of the molecule is CCN1CCN(C(=O)N2C=C(C(=O)O)c3[nH]c4ccccc4c3C(C)(C)C2C(C)C)CC1. The number of aromatic nitrogens is 1. The van der Waals surface area contributed by atoms with Crippen LogP contribution in [0, 0.1) is 5.92 Å². The molecule has 2 aliphatic heterocycles. The number of para-hydroxylation sites is 1. The molecule has 1 unspecified atom stereocenters. The van der Waals surface area contributed by atoms with E-state index in [4.69, 9.17) is 0 Å². The first kappa shape index (κ1) is 22.4. The van der Waals surface area contributed by atoms with Gasteiger partial charge in [-0.25, -0.2) is 9.59 Å². The summed E-state index contributed by atoms with van der Waals surface area (Å²) in [4.78, 5) is 35.5. The van der Waals surface area contributed by atoms with E-state index in [1.807, 2.05) is 29.2 Å². The second-order valence-corrected chi connectivity index (χ2v) is 9.79. The fourth-order valence-corrected chi connectivity index (χ4v) is 5.70. The van der Waals surface area contributed by atoms with Gasteiger partial charge in [0.05, 0.1) is 11.3 Å². The number of carboxylic acids is 1. The molecule has 1 aromatic carbocycles. The molecule has 2 aliphatic rings. The molecule has 2 aromatic rings. The van der Waals surface area contributed by atoms with Gasteiger partial charge < -0.3 is 19.9 Å². The van der Waals surface area contributed by atoms with Crippen LogP contribution in [0.1, 0.15) is 45.9 Å². The number of aliphatic carboxylic acids is 1. The maximum atomic E-state index is 13.8. The zero-order valence-electron chi connectivity index (χ0n) is 19.7. The van der Waals surface area contributed by atoms with Gasteiger partial charge >= 0.3 is 12.0 Å². The fourth-order valence-electron chi connectivity index (χ4n) is 5.70. The molecule has 172 valence electrons. The summed E-state index contributed by atoms with van der Waals surface area (Å²) in [5.41, 5.74) is 2.13. The summed E-state index contributed by atoms with van der Waals surface area (Å²) in [6.07, 6.45) is 1.57. The van der Waals surface area contributed by atoms with Gasteiger partial charge in [0.15, 0.2) is 0 Å². The number of piperazine rings is 1. The Hall–Kier alpha value is -2.80. The van der Waals surface area contributed by atoms with Gasteiger partial charge in [0.2, 0.25) is 0 Å².